The first kappa shape index (κ1) is 21.5. The van der Waals surface area contributed by atoms with Crippen LogP contribution in [0.25, 0.3) is 0 Å². The molecule has 1 saturated carbocycles. The predicted molar refractivity (Wildman–Crippen MR) is 106 cm³/mol. The summed E-state index contributed by atoms with van der Waals surface area (Å²) in [4.78, 5) is 26.0. The first-order valence-electron chi connectivity index (χ1n) is 9.97. The highest BCUT2D eigenvalue weighted by Gasteiger charge is 2.41. The van der Waals surface area contributed by atoms with Crippen molar-refractivity contribution in [3.8, 4) is 11.5 Å². The number of aromatic carboxylic acids is 1. The number of carboxylic acid groups (broad SMARTS) is 1. The number of ether oxygens (including phenoxy) is 1. The number of nitrogens with zero attached hydrogens (tertiary/aromatic N) is 1. The molecular formula is C20H28BNO7. The maximum absolute atomic E-state index is 12.6. The van der Waals surface area contributed by atoms with Gasteiger partial charge in [-0.15, -0.1) is 0 Å². The number of benzene rings is 1. The molecule has 2 aliphatic rings. The molecule has 0 aromatic heterocycles. The zero-order valence-electron chi connectivity index (χ0n) is 16.8. The molecular weight excluding hydrogens is 377 g/mol. The van der Waals surface area contributed by atoms with Crippen LogP contribution in [0.4, 0.5) is 0 Å². The number of carbonyl (C=O) groups is 2. The summed E-state index contributed by atoms with van der Waals surface area (Å²) in [5, 5.41) is 37.7. The van der Waals surface area contributed by atoms with Gasteiger partial charge in [-0.05, 0) is 49.0 Å². The van der Waals surface area contributed by atoms with Crippen molar-refractivity contribution >= 4 is 19.0 Å². The van der Waals surface area contributed by atoms with Gasteiger partial charge in [-0.2, -0.15) is 0 Å². The first-order valence-corrected chi connectivity index (χ1v) is 9.97. The monoisotopic (exact) mass is 405 g/mol. The van der Waals surface area contributed by atoms with E-state index in [0.29, 0.717) is 18.7 Å². The SMILES string of the molecule is CC1(C)CC[C@H](C(=O)N2CC(Oc3ccc(CCB(O)O)c(O)c3C(=O)O)C2)C1. The molecule has 1 atom stereocenters. The normalized spacial score (nSPS) is 21.0. The Kier molecular flexibility index (Phi) is 6.09. The fourth-order valence-electron chi connectivity index (χ4n) is 4.18. The van der Waals surface area contributed by atoms with Crippen molar-refractivity contribution in [2.75, 3.05) is 13.1 Å². The van der Waals surface area contributed by atoms with Gasteiger partial charge < -0.3 is 29.9 Å². The van der Waals surface area contributed by atoms with Crippen LogP contribution in [0.15, 0.2) is 12.1 Å². The van der Waals surface area contributed by atoms with E-state index in [1.165, 1.54) is 12.1 Å². The van der Waals surface area contributed by atoms with Gasteiger partial charge in [0, 0.05) is 5.92 Å². The number of hydrogen-bond acceptors (Lipinski definition) is 6. The molecule has 29 heavy (non-hydrogen) atoms. The molecule has 0 spiro atoms. The number of hydrogen-bond donors (Lipinski definition) is 4. The van der Waals surface area contributed by atoms with E-state index in [1.807, 2.05) is 0 Å². The highest BCUT2D eigenvalue weighted by molar-refractivity contribution is 6.41. The molecule has 158 valence electrons. The van der Waals surface area contributed by atoms with Crippen molar-refractivity contribution < 1.29 is 34.6 Å². The van der Waals surface area contributed by atoms with Crippen LogP contribution in [-0.4, -0.2) is 63.3 Å². The van der Waals surface area contributed by atoms with E-state index in [9.17, 15) is 19.8 Å². The number of aromatic hydroxyl groups is 1. The minimum atomic E-state index is -1.54. The van der Waals surface area contributed by atoms with Crippen LogP contribution < -0.4 is 4.74 Å². The van der Waals surface area contributed by atoms with E-state index in [2.05, 4.69) is 13.8 Å². The molecule has 1 heterocycles. The Balaban J connectivity index is 1.62. The summed E-state index contributed by atoms with van der Waals surface area (Å²) in [5.41, 5.74) is 0.150. The third kappa shape index (κ3) is 4.84. The standard InChI is InChI=1S/C20H28BNO7/c1-20(2)7-5-13(9-20)18(24)22-10-14(11-22)29-15-4-3-12(6-8-21(27)28)17(23)16(15)19(25)26/h3-4,13-14,23,27-28H,5-11H2,1-2H3,(H,25,26)/t13-/m0/s1. The molecule has 1 aromatic rings. The number of aryl methyl sites for hydroxylation is 1. The summed E-state index contributed by atoms with van der Waals surface area (Å²) < 4.78 is 5.75. The fraction of sp³-hybridized carbons (Fsp3) is 0.600. The molecule has 1 amide bonds. The van der Waals surface area contributed by atoms with E-state index in [4.69, 9.17) is 14.8 Å². The topological polar surface area (TPSA) is 128 Å². The summed E-state index contributed by atoms with van der Waals surface area (Å²) in [6, 6.07) is 2.98. The highest BCUT2D eigenvalue weighted by Crippen LogP contribution is 2.42. The number of amides is 1. The quantitative estimate of drug-likeness (QED) is 0.507. The van der Waals surface area contributed by atoms with Gasteiger partial charge >= 0.3 is 13.1 Å². The third-order valence-corrected chi connectivity index (χ3v) is 5.88. The van der Waals surface area contributed by atoms with Crippen molar-refractivity contribution in [1.29, 1.82) is 0 Å². The van der Waals surface area contributed by atoms with E-state index in [0.717, 1.165) is 19.3 Å². The molecule has 0 radical (unpaired) electrons. The van der Waals surface area contributed by atoms with Crippen LogP contribution in [0, 0.1) is 11.3 Å². The van der Waals surface area contributed by atoms with Gasteiger partial charge in [0.2, 0.25) is 5.91 Å². The largest absolute Gasteiger partial charge is 0.507 e. The number of carboxylic acids is 1. The van der Waals surface area contributed by atoms with E-state index < -0.39 is 18.8 Å². The van der Waals surface area contributed by atoms with E-state index >= 15 is 0 Å². The molecule has 1 aliphatic heterocycles. The van der Waals surface area contributed by atoms with Gasteiger partial charge in [0.25, 0.3) is 0 Å². The number of rotatable bonds is 7. The van der Waals surface area contributed by atoms with E-state index in [-0.39, 0.29) is 47.4 Å². The van der Waals surface area contributed by atoms with Gasteiger partial charge in [-0.3, -0.25) is 4.79 Å². The Morgan fingerprint density at radius 1 is 1.28 bits per heavy atom. The number of phenols is 1. The summed E-state index contributed by atoms with van der Waals surface area (Å²) in [7, 11) is -1.54. The van der Waals surface area contributed by atoms with Crippen molar-refractivity contribution in [3.05, 3.63) is 23.3 Å². The van der Waals surface area contributed by atoms with Gasteiger partial charge in [0.05, 0.1) is 13.1 Å². The molecule has 8 nitrogen and oxygen atoms in total. The van der Waals surface area contributed by atoms with Crippen molar-refractivity contribution in [2.24, 2.45) is 11.3 Å². The zero-order valence-corrected chi connectivity index (χ0v) is 16.8. The Bertz CT molecular complexity index is 789. The molecule has 1 aromatic carbocycles. The molecule has 4 N–H and O–H groups in total. The van der Waals surface area contributed by atoms with E-state index in [1.54, 1.807) is 4.90 Å². The third-order valence-electron chi connectivity index (χ3n) is 5.88. The fourth-order valence-corrected chi connectivity index (χ4v) is 4.18. The van der Waals surface area contributed by atoms with Gasteiger partial charge in [-0.25, -0.2) is 4.79 Å². The minimum Gasteiger partial charge on any atom is -0.507 e. The molecule has 0 bridgehead atoms. The Morgan fingerprint density at radius 3 is 2.52 bits per heavy atom. The van der Waals surface area contributed by atoms with Crippen LogP contribution in [0.3, 0.4) is 0 Å². The Morgan fingerprint density at radius 2 is 1.97 bits per heavy atom. The molecule has 1 saturated heterocycles. The Labute approximate surface area is 170 Å². The first-order chi connectivity index (χ1) is 13.6. The number of carbonyl (C=O) groups excluding carboxylic acids is 1. The van der Waals surface area contributed by atoms with Crippen molar-refractivity contribution in [2.45, 2.75) is 52.0 Å². The second-order valence-corrected chi connectivity index (χ2v) is 8.86. The van der Waals surface area contributed by atoms with Crippen LogP contribution in [-0.2, 0) is 11.2 Å². The highest BCUT2D eigenvalue weighted by atomic mass is 16.5. The maximum Gasteiger partial charge on any atom is 0.451 e. The van der Waals surface area contributed by atoms with Crippen molar-refractivity contribution in [3.63, 3.8) is 0 Å². The van der Waals surface area contributed by atoms with Crippen LogP contribution >= 0.6 is 0 Å². The summed E-state index contributed by atoms with van der Waals surface area (Å²) in [5.74, 6) is -1.54. The second-order valence-electron chi connectivity index (χ2n) is 8.86. The van der Waals surface area contributed by atoms with Crippen LogP contribution in [0.5, 0.6) is 11.5 Å². The van der Waals surface area contributed by atoms with Gasteiger partial charge in [0.15, 0.2) is 0 Å². The predicted octanol–water partition coefficient (Wildman–Crippen LogP) is 1.52. The van der Waals surface area contributed by atoms with Crippen LogP contribution in [0.1, 0.15) is 49.0 Å². The summed E-state index contributed by atoms with van der Waals surface area (Å²) >= 11 is 0. The lowest BCUT2D eigenvalue weighted by Gasteiger charge is -2.40. The van der Waals surface area contributed by atoms with Gasteiger partial charge in [0.1, 0.15) is 23.2 Å². The lowest BCUT2D eigenvalue weighted by molar-refractivity contribution is -0.144. The smallest absolute Gasteiger partial charge is 0.451 e. The Hall–Kier alpha value is -2.26. The molecule has 2 fully saturated rings. The van der Waals surface area contributed by atoms with Gasteiger partial charge in [-0.1, -0.05) is 19.9 Å². The van der Waals surface area contributed by atoms with Crippen molar-refractivity contribution in [1.82, 2.24) is 4.90 Å². The number of likely N-dealkylation sites (tertiary alicyclic amines) is 1. The lowest BCUT2D eigenvalue weighted by atomic mass is 9.82. The average Bonchev–Trinajstić information content (AvgIpc) is 2.95. The molecule has 0 unspecified atom stereocenters. The maximum atomic E-state index is 12.6. The molecule has 9 heteroatoms. The minimum absolute atomic E-state index is 0.0233. The summed E-state index contributed by atoms with van der Waals surface area (Å²) in [6.45, 7) is 5.14. The molecule has 3 rings (SSSR count). The zero-order chi connectivity index (χ0) is 21.3. The molecule has 1 aliphatic carbocycles. The lowest BCUT2D eigenvalue weighted by Crippen LogP contribution is -2.57. The average molecular weight is 405 g/mol. The second kappa shape index (κ2) is 8.24. The summed E-state index contributed by atoms with van der Waals surface area (Å²) in [6.07, 6.45) is 2.59. The van der Waals surface area contributed by atoms with Crippen LogP contribution in [0.2, 0.25) is 6.32 Å².